The van der Waals surface area contributed by atoms with Gasteiger partial charge in [-0.1, -0.05) is 6.07 Å². The highest BCUT2D eigenvalue weighted by Crippen LogP contribution is 2.27. The third-order valence-corrected chi connectivity index (χ3v) is 4.95. The monoisotopic (exact) mass is 403 g/mol. The van der Waals surface area contributed by atoms with Gasteiger partial charge >= 0.3 is 6.03 Å². The first-order valence-corrected chi connectivity index (χ1v) is 9.52. The van der Waals surface area contributed by atoms with Crippen molar-refractivity contribution in [3.63, 3.8) is 0 Å². The second-order valence-electron chi connectivity index (χ2n) is 6.85. The fraction of sp³-hybridized carbons (Fsp3) is 0.500. The van der Waals surface area contributed by atoms with E-state index in [1.54, 1.807) is 19.2 Å². The number of urea groups is 1. The molecule has 156 valence electrons. The zero-order chi connectivity index (χ0) is 20.8. The molecule has 1 aromatic rings. The van der Waals surface area contributed by atoms with Crippen molar-refractivity contribution in [3.05, 3.63) is 23.8 Å². The van der Waals surface area contributed by atoms with Crippen molar-refractivity contribution in [3.8, 4) is 11.5 Å². The summed E-state index contributed by atoms with van der Waals surface area (Å²) in [5.74, 6) is -1.18. The highest BCUT2D eigenvalue weighted by molar-refractivity contribution is 6.23. The number of nitrogens with one attached hydrogen (secondary N) is 1. The van der Waals surface area contributed by atoms with Gasteiger partial charge in [0.15, 0.2) is 17.4 Å². The van der Waals surface area contributed by atoms with Gasteiger partial charge in [0.2, 0.25) is 11.8 Å². The van der Waals surface area contributed by atoms with Crippen molar-refractivity contribution in [2.45, 2.75) is 25.4 Å². The summed E-state index contributed by atoms with van der Waals surface area (Å²) in [6.45, 7) is 1.24. The highest BCUT2D eigenvalue weighted by Gasteiger charge is 2.39. The molecule has 1 N–H and O–H groups in total. The molecule has 1 aromatic carbocycles. The number of methoxy groups -OCH3 is 2. The van der Waals surface area contributed by atoms with Crippen LogP contribution in [0.5, 0.6) is 11.5 Å². The molecule has 4 amide bonds. The Bertz CT molecular complexity index is 803. The molecule has 9 nitrogen and oxygen atoms in total. The molecule has 2 heterocycles. The van der Waals surface area contributed by atoms with Gasteiger partial charge in [0.25, 0.3) is 0 Å². The third kappa shape index (κ3) is 4.92. The predicted molar refractivity (Wildman–Crippen MR) is 104 cm³/mol. The molecular formula is C20H25N3O6. The largest absolute Gasteiger partial charge is 0.493 e. The molecular weight excluding hydrogens is 378 g/mol. The zero-order valence-electron chi connectivity index (χ0n) is 16.6. The number of ether oxygens (including phenoxy) is 3. The van der Waals surface area contributed by atoms with Crippen LogP contribution >= 0.6 is 0 Å². The van der Waals surface area contributed by atoms with Crippen LogP contribution in [0.3, 0.4) is 0 Å². The van der Waals surface area contributed by atoms with E-state index < -0.39 is 23.8 Å². The van der Waals surface area contributed by atoms with Crippen LogP contribution in [0.25, 0.3) is 0 Å². The van der Waals surface area contributed by atoms with Crippen molar-refractivity contribution in [1.82, 2.24) is 10.2 Å². The molecule has 2 fully saturated rings. The van der Waals surface area contributed by atoms with Crippen molar-refractivity contribution in [2.24, 2.45) is 10.9 Å². The molecule has 2 atom stereocenters. The summed E-state index contributed by atoms with van der Waals surface area (Å²) in [6.07, 6.45) is 3.65. The number of aliphatic imine (C=N–C) groups is 1. The third-order valence-electron chi connectivity index (χ3n) is 4.95. The van der Waals surface area contributed by atoms with Gasteiger partial charge in [0.05, 0.1) is 26.9 Å². The van der Waals surface area contributed by atoms with E-state index >= 15 is 0 Å². The summed E-state index contributed by atoms with van der Waals surface area (Å²) in [5, 5.41) is 2.23. The molecule has 3 rings (SSSR count). The maximum atomic E-state index is 12.7. The summed E-state index contributed by atoms with van der Waals surface area (Å²) < 4.78 is 16.0. The number of rotatable bonds is 8. The lowest BCUT2D eigenvalue weighted by Gasteiger charge is -2.28. The molecule has 9 heteroatoms. The van der Waals surface area contributed by atoms with E-state index in [1.165, 1.54) is 13.3 Å². The zero-order valence-corrected chi connectivity index (χ0v) is 16.6. The summed E-state index contributed by atoms with van der Waals surface area (Å²) in [4.78, 5) is 42.2. The number of carbonyl (C=O) groups excluding carboxylic acids is 3. The Morgan fingerprint density at radius 2 is 2.03 bits per heavy atom. The fourth-order valence-electron chi connectivity index (χ4n) is 3.32. The van der Waals surface area contributed by atoms with Crippen LogP contribution in [0.15, 0.2) is 23.2 Å². The van der Waals surface area contributed by atoms with Crippen LogP contribution in [0.2, 0.25) is 0 Å². The molecule has 2 saturated heterocycles. The minimum Gasteiger partial charge on any atom is -0.493 e. The van der Waals surface area contributed by atoms with E-state index in [-0.39, 0.29) is 12.6 Å². The molecule has 0 aromatic heterocycles. The first kappa shape index (κ1) is 20.8. The molecule has 0 radical (unpaired) electrons. The normalized spacial score (nSPS) is 22.3. The molecule has 2 aliphatic rings. The lowest BCUT2D eigenvalue weighted by Crippen LogP contribution is -2.58. The van der Waals surface area contributed by atoms with Crippen molar-refractivity contribution in [2.75, 3.05) is 33.9 Å². The Kier molecular flexibility index (Phi) is 6.82. The number of hydrogen-bond acceptors (Lipinski definition) is 7. The van der Waals surface area contributed by atoms with Crippen LogP contribution in [0.4, 0.5) is 4.79 Å². The van der Waals surface area contributed by atoms with E-state index in [1.807, 2.05) is 6.07 Å². The van der Waals surface area contributed by atoms with Gasteiger partial charge in [0, 0.05) is 19.4 Å². The van der Waals surface area contributed by atoms with Crippen LogP contribution in [-0.4, -0.2) is 69.0 Å². The van der Waals surface area contributed by atoms with E-state index in [2.05, 4.69) is 10.3 Å². The van der Waals surface area contributed by atoms with Crippen LogP contribution < -0.4 is 14.8 Å². The Morgan fingerprint density at radius 1 is 1.24 bits per heavy atom. The van der Waals surface area contributed by atoms with Gasteiger partial charge in [0.1, 0.15) is 0 Å². The van der Waals surface area contributed by atoms with E-state index in [4.69, 9.17) is 14.2 Å². The minimum atomic E-state index is -1.11. The Balaban J connectivity index is 1.63. The number of nitrogens with zero attached hydrogens (tertiary/aromatic N) is 2. The van der Waals surface area contributed by atoms with Crippen LogP contribution in [-0.2, 0) is 20.7 Å². The highest BCUT2D eigenvalue weighted by atomic mass is 16.5. The summed E-state index contributed by atoms with van der Waals surface area (Å²) >= 11 is 0. The smallest absolute Gasteiger partial charge is 0.330 e. The lowest BCUT2D eigenvalue weighted by atomic mass is 10.1. The minimum absolute atomic E-state index is 0.0239. The molecule has 0 aliphatic carbocycles. The second kappa shape index (κ2) is 9.51. The Hall–Kier alpha value is -2.94. The van der Waals surface area contributed by atoms with Crippen LogP contribution in [0, 0.1) is 5.92 Å². The standard InChI is InChI=1S/C20H25N3O6/c1-27-16-6-5-13(10-17(16)28-2)7-8-23-19(25)15(18(24)22-20(23)26)12-21-11-14-4-3-9-29-14/h5-6,10,12,14-15H,3-4,7-9,11H2,1-2H3,(H,22,24,26)/t14-,15+/m1/s1. The van der Waals surface area contributed by atoms with Crippen molar-refractivity contribution >= 4 is 24.1 Å². The maximum absolute atomic E-state index is 12.7. The average Bonchev–Trinajstić information content (AvgIpc) is 3.23. The van der Waals surface area contributed by atoms with Gasteiger partial charge in [-0.15, -0.1) is 0 Å². The van der Waals surface area contributed by atoms with Gasteiger partial charge in [-0.2, -0.15) is 0 Å². The van der Waals surface area contributed by atoms with Gasteiger partial charge in [-0.05, 0) is 37.0 Å². The first-order chi connectivity index (χ1) is 14.0. The molecule has 0 spiro atoms. The van der Waals surface area contributed by atoms with Gasteiger partial charge in [-0.3, -0.25) is 24.8 Å². The van der Waals surface area contributed by atoms with E-state index in [0.717, 1.165) is 23.3 Å². The van der Waals surface area contributed by atoms with Crippen LogP contribution in [0.1, 0.15) is 18.4 Å². The van der Waals surface area contributed by atoms with Gasteiger partial charge < -0.3 is 14.2 Å². The molecule has 29 heavy (non-hydrogen) atoms. The van der Waals surface area contributed by atoms with Crippen molar-refractivity contribution < 1.29 is 28.6 Å². The quantitative estimate of drug-likeness (QED) is 0.516. The second-order valence-corrected chi connectivity index (χ2v) is 6.85. The van der Waals surface area contributed by atoms with E-state index in [0.29, 0.717) is 31.1 Å². The SMILES string of the molecule is COc1ccc(CCN2C(=O)NC(=O)[C@H](C=NC[C@H]3CCCO3)C2=O)cc1OC. The van der Waals surface area contributed by atoms with Gasteiger partial charge in [-0.25, -0.2) is 4.79 Å². The number of carbonyl (C=O) groups is 3. The number of imide groups is 2. The molecule has 0 bridgehead atoms. The summed E-state index contributed by atoms with van der Waals surface area (Å²) in [7, 11) is 3.08. The van der Waals surface area contributed by atoms with Crippen molar-refractivity contribution in [1.29, 1.82) is 0 Å². The fourth-order valence-corrected chi connectivity index (χ4v) is 3.32. The first-order valence-electron chi connectivity index (χ1n) is 9.52. The number of amides is 4. The topological polar surface area (TPSA) is 107 Å². The lowest BCUT2D eigenvalue weighted by molar-refractivity contribution is -0.139. The Labute approximate surface area is 169 Å². The number of barbiturate groups is 1. The average molecular weight is 403 g/mol. The number of benzene rings is 1. The van der Waals surface area contributed by atoms with E-state index in [9.17, 15) is 14.4 Å². The molecule has 0 unspecified atom stereocenters. The Morgan fingerprint density at radius 3 is 2.72 bits per heavy atom. The number of hydrogen-bond donors (Lipinski definition) is 1. The predicted octanol–water partition coefficient (Wildman–Crippen LogP) is 1.19. The maximum Gasteiger partial charge on any atom is 0.330 e. The summed E-state index contributed by atoms with van der Waals surface area (Å²) in [5.41, 5.74) is 0.865. The molecule has 2 aliphatic heterocycles. The molecule has 0 saturated carbocycles. The summed E-state index contributed by atoms with van der Waals surface area (Å²) in [6, 6.07) is 4.66.